The maximum Gasteiger partial charge on any atom is 0.330 e. The number of rotatable bonds is 4. The summed E-state index contributed by atoms with van der Waals surface area (Å²) in [5.41, 5.74) is 0.285. The summed E-state index contributed by atoms with van der Waals surface area (Å²) in [6, 6.07) is 2.15. The van der Waals surface area contributed by atoms with Gasteiger partial charge in [0.15, 0.2) is 0 Å². The van der Waals surface area contributed by atoms with Gasteiger partial charge in [0.25, 0.3) is 5.91 Å². The Morgan fingerprint density at radius 3 is 3.00 bits per heavy atom. The highest BCUT2D eigenvalue weighted by Crippen LogP contribution is 2.18. The summed E-state index contributed by atoms with van der Waals surface area (Å²) in [5, 5.41) is 2.56. The van der Waals surface area contributed by atoms with Crippen LogP contribution in [-0.2, 0) is 19.1 Å². The Labute approximate surface area is 144 Å². The largest absolute Gasteiger partial charge is 0.472 e. The molecule has 3 rings (SSSR count). The van der Waals surface area contributed by atoms with Gasteiger partial charge in [0.05, 0.1) is 20.3 Å². The highest BCUT2D eigenvalue weighted by atomic mass is 16.5. The van der Waals surface area contributed by atoms with Crippen molar-refractivity contribution in [2.45, 2.75) is 18.6 Å². The van der Waals surface area contributed by atoms with Gasteiger partial charge in [0, 0.05) is 30.8 Å². The third-order valence-corrected chi connectivity index (χ3v) is 4.07. The van der Waals surface area contributed by atoms with E-state index in [9.17, 15) is 14.4 Å². The van der Waals surface area contributed by atoms with Crippen LogP contribution in [0.5, 0.6) is 5.88 Å². The zero-order valence-corrected chi connectivity index (χ0v) is 13.8. The second kappa shape index (κ2) is 7.47. The zero-order chi connectivity index (χ0) is 17.8. The maximum absolute atomic E-state index is 12.8. The van der Waals surface area contributed by atoms with Crippen LogP contribution in [0.15, 0.2) is 18.3 Å². The molecule has 2 aliphatic rings. The van der Waals surface area contributed by atoms with Crippen LogP contribution in [0.3, 0.4) is 0 Å². The SMILES string of the molecule is COC(=O)[C@@H]1CNC(=O)CN1C(=O)c1ccnc(O[C@H]2CCOC2)c1. The number of aromatic nitrogens is 1. The predicted molar refractivity (Wildman–Crippen MR) is 83.9 cm³/mol. The Morgan fingerprint density at radius 2 is 2.28 bits per heavy atom. The van der Waals surface area contributed by atoms with E-state index in [4.69, 9.17) is 14.2 Å². The summed E-state index contributed by atoms with van der Waals surface area (Å²) in [5.74, 6) is -1.07. The Hall–Kier alpha value is -2.68. The van der Waals surface area contributed by atoms with Gasteiger partial charge in [-0.2, -0.15) is 0 Å². The van der Waals surface area contributed by atoms with E-state index in [1.165, 1.54) is 30.3 Å². The highest BCUT2D eigenvalue weighted by molar-refractivity contribution is 6.00. The van der Waals surface area contributed by atoms with Crippen molar-refractivity contribution in [1.29, 1.82) is 0 Å². The van der Waals surface area contributed by atoms with Crippen LogP contribution in [0.4, 0.5) is 0 Å². The standard InChI is InChI=1S/C16H19N3O6/c1-23-16(22)12-7-18-13(20)8-19(12)15(21)10-2-4-17-14(6-10)25-11-3-5-24-9-11/h2,4,6,11-12H,3,5,7-9H2,1H3,(H,18,20)/t11-,12-/m0/s1. The molecule has 2 atom stereocenters. The van der Waals surface area contributed by atoms with E-state index in [0.717, 1.165) is 6.42 Å². The van der Waals surface area contributed by atoms with Crippen molar-refractivity contribution in [3.63, 3.8) is 0 Å². The number of ether oxygens (including phenoxy) is 3. The summed E-state index contributed by atoms with van der Waals surface area (Å²) in [6.45, 7) is 0.919. The number of piperazine rings is 1. The summed E-state index contributed by atoms with van der Waals surface area (Å²) in [7, 11) is 1.24. The molecule has 25 heavy (non-hydrogen) atoms. The third kappa shape index (κ3) is 3.87. The van der Waals surface area contributed by atoms with E-state index in [-0.39, 0.29) is 30.7 Å². The molecule has 1 aromatic rings. The molecule has 2 fully saturated rings. The average molecular weight is 349 g/mol. The molecule has 0 radical (unpaired) electrons. The van der Waals surface area contributed by atoms with Crippen LogP contribution < -0.4 is 10.1 Å². The molecule has 9 heteroatoms. The van der Waals surface area contributed by atoms with Crippen molar-refractivity contribution in [3.8, 4) is 5.88 Å². The Balaban J connectivity index is 1.78. The highest BCUT2D eigenvalue weighted by Gasteiger charge is 2.36. The molecule has 0 aromatic carbocycles. The number of carbonyl (C=O) groups excluding carboxylic acids is 3. The van der Waals surface area contributed by atoms with Gasteiger partial charge in [-0.05, 0) is 6.07 Å². The van der Waals surface area contributed by atoms with Crippen molar-refractivity contribution >= 4 is 17.8 Å². The van der Waals surface area contributed by atoms with Crippen molar-refractivity contribution in [3.05, 3.63) is 23.9 Å². The number of nitrogens with zero attached hydrogens (tertiary/aromatic N) is 2. The number of hydrogen-bond donors (Lipinski definition) is 1. The fourth-order valence-corrected chi connectivity index (χ4v) is 2.75. The molecule has 134 valence electrons. The van der Waals surface area contributed by atoms with Crippen LogP contribution in [0.2, 0.25) is 0 Å². The molecule has 9 nitrogen and oxygen atoms in total. The number of hydrogen-bond acceptors (Lipinski definition) is 7. The van der Waals surface area contributed by atoms with Crippen molar-refractivity contribution in [1.82, 2.24) is 15.2 Å². The summed E-state index contributed by atoms with van der Waals surface area (Å²) >= 11 is 0. The summed E-state index contributed by atoms with van der Waals surface area (Å²) < 4.78 is 15.7. The molecule has 1 N–H and O–H groups in total. The molecular formula is C16H19N3O6. The van der Waals surface area contributed by atoms with Crippen LogP contribution in [0, 0.1) is 0 Å². The van der Waals surface area contributed by atoms with Gasteiger partial charge < -0.3 is 24.4 Å². The first kappa shape index (κ1) is 17.2. The molecule has 0 unspecified atom stereocenters. The third-order valence-electron chi connectivity index (χ3n) is 4.07. The minimum Gasteiger partial charge on any atom is -0.472 e. The van der Waals surface area contributed by atoms with E-state index in [2.05, 4.69) is 10.3 Å². The zero-order valence-electron chi connectivity index (χ0n) is 13.8. The Morgan fingerprint density at radius 1 is 1.44 bits per heavy atom. The second-order valence-electron chi connectivity index (χ2n) is 5.76. The second-order valence-corrected chi connectivity index (χ2v) is 5.76. The lowest BCUT2D eigenvalue weighted by Gasteiger charge is -2.33. The molecule has 2 amide bonds. The van der Waals surface area contributed by atoms with E-state index in [0.29, 0.717) is 19.1 Å². The van der Waals surface area contributed by atoms with E-state index in [1.807, 2.05) is 0 Å². The lowest BCUT2D eigenvalue weighted by molar-refractivity contribution is -0.147. The smallest absolute Gasteiger partial charge is 0.330 e. The van der Waals surface area contributed by atoms with Crippen molar-refractivity contribution in [2.75, 3.05) is 33.4 Å². The molecule has 2 saturated heterocycles. The maximum atomic E-state index is 12.8. The van der Waals surface area contributed by atoms with Gasteiger partial charge in [0.2, 0.25) is 11.8 Å². The van der Waals surface area contributed by atoms with Gasteiger partial charge in [-0.15, -0.1) is 0 Å². The van der Waals surface area contributed by atoms with Gasteiger partial charge in [-0.25, -0.2) is 9.78 Å². The van der Waals surface area contributed by atoms with Gasteiger partial charge >= 0.3 is 5.97 Å². The first-order valence-corrected chi connectivity index (χ1v) is 7.94. The molecular weight excluding hydrogens is 330 g/mol. The normalized spacial score (nSPS) is 23.1. The first-order valence-electron chi connectivity index (χ1n) is 7.94. The predicted octanol–water partition coefficient (Wildman–Crippen LogP) is -0.637. The fraction of sp³-hybridized carbons (Fsp3) is 0.500. The Bertz CT molecular complexity index is 674. The molecule has 0 aliphatic carbocycles. The van der Waals surface area contributed by atoms with Gasteiger partial charge in [-0.3, -0.25) is 9.59 Å². The van der Waals surface area contributed by atoms with Crippen LogP contribution >= 0.6 is 0 Å². The topological polar surface area (TPSA) is 107 Å². The molecule has 0 bridgehead atoms. The van der Waals surface area contributed by atoms with Crippen LogP contribution in [0.1, 0.15) is 16.8 Å². The lowest BCUT2D eigenvalue weighted by atomic mass is 10.1. The van der Waals surface area contributed by atoms with Crippen LogP contribution in [0.25, 0.3) is 0 Å². The Kier molecular flexibility index (Phi) is 5.13. The minimum atomic E-state index is -0.865. The quantitative estimate of drug-likeness (QED) is 0.721. The minimum absolute atomic E-state index is 0.0189. The fourth-order valence-electron chi connectivity index (χ4n) is 2.75. The van der Waals surface area contributed by atoms with Crippen LogP contribution in [-0.4, -0.2) is 73.2 Å². The van der Waals surface area contributed by atoms with Gasteiger partial charge in [0.1, 0.15) is 18.7 Å². The van der Waals surface area contributed by atoms with E-state index < -0.39 is 17.9 Å². The molecule has 3 heterocycles. The molecule has 2 aliphatic heterocycles. The van der Waals surface area contributed by atoms with Crippen molar-refractivity contribution in [2.24, 2.45) is 0 Å². The molecule has 1 aromatic heterocycles. The molecule has 0 saturated carbocycles. The number of pyridine rings is 1. The number of nitrogens with one attached hydrogen (secondary N) is 1. The molecule has 0 spiro atoms. The number of amides is 2. The number of esters is 1. The summed E-state index contributed by atoms with van der Waals surface area (Å²) in [6.07, 6.45) is 2.12. The number of carbonyl (C=O) groups is 3. The summed E-state index contributed by atoms with van der Waals surface area (Å²) in [4.78, 5) is 41.6. The number of methoxy groups -OCH3 is 1. The van der Waals surface area contributed by atoms with Gasteiger partial charge in [-0.1, -0.05) is 0 Å². The lowest BCUT2D eigenvalue weighted by Crippen LogP contribution is -2.59. The first-order chi connectivity index (χ1) is 12.1. The van der Waals surface area contributed by atoms with Crippen molar-refractivity contribution < 1.29 is 28.6 Å². The van der Waals surface area contributed by atoms with E-state index in [1.54, 1.807) is 0 Å². The monoisotopic (exact) mass is 349 g/mol. The van der Waals surface area contributed by atoms with E-state index >= 15 is 0 Å². The average Bonchev–Trinajstić information content (AvgIpc) is 3.13.